The van der Waals surface area contributed by atoms with Crippen molar-refractivity contribution in [2.24, 2.45) is 0 Å². The molecule has 1 aromatic heterocycles. The molecule has 0 radical (unpaired) electrons. The molecule has 11 heteroatoms. The Kier molecular flexibility index (Phi) is 6.13. The molecule has 2 amide bonds. The summed E-state index contributed by atoms with van der Waals surface area (Å²) in [5, 5.41) is 18.5. The molecule has 0 saturated carbocycles. The zero-order valence-corrected chi connectivity index (χ0v) is 16.3. The molecule has 0 aliphatic carbocycles. The fourth-order valence-corrected chi connectivity index (χ4v) is 2.97. The highest BCUT2D eigenvalue weighted by molar-refractivity contribution is 7.13. The van der Waals surface area contributed by atoms with Gasteiger partial charge in [-0.1, -0.05) is 0 Å². The highest BCUT2D eigenvalue weighted by Crippen LogP contribution is 2.20. The number of rotatable bonds is 6. The summed E-state index contributed by atoms with van der Waals surface area (Å²) in [7, 11) is 1.13. The molecule has 0 bridgehead atoms. The summed E-state index contributed by atoms with van der Waals surface area (Å²) in [6, 6.07) is 9.30. The van der Waals surface area contributed by atoms with Crippen LogP contribution in [0.2, 0.25) is 0 Å². The van der Waals surface area contributed by atoms with Crippen LogP contribution in [0.25, 0.3) is 0 Å². The lowest BCUT2D eigenvalue weighted by Gasteiger charge is -2.08. The lowest BCUT2D eigenvalue weighted by Crippen LogP contribution is -2.15. The maximum atomic E-state index is 12.5. The highest BCUT2D eigenvalue weighted by Gasteiger charge is 2.18. The summed E-state index contributed by atoms with van der Waals surface area (Å²) in [5.41, 5.74) is 0.0851. The van der Waals surface area contributed by atoms with Crippen LogP contribution >= 0.6 is 11.3 Å². The SMILES string of the molecule is COC(=O)c1cc(C(=O)Nc2ccc(C(=O)Nc3nccs3)cc2)cc([N+](=O)[O-])c1. The first-order valence-corrected chi connectivity index (χ1v) is 9.25. The second kappa shape index (κ2) is 8.92. The number of hydrogen-bond donors (Lipinski definition) is 2. The molecule has 0 spiro atoms. The number of ether oxygens (including phenoxy) is 1. The molecule has 0 fully saturated rings. The second-order valence-corrected chi connectivity index (χ2v) is 6.73. The van der Waals surface area contributed by atoms with Crippen LogP contribution in [0.3, 0.4) is 0 Å². The largest absolute Gasteiger partial charge is 0.465 e. The smallest absolute Gasteiger partial charge is 0.338 e. The number of methoxy groups -OCH3 is 1. The van der Waals surface area contributed by atoms with Gasteiger partial charge in [0.2, 0.25) is 0 Å². The number of amides is 2. The van der Waals surface area contributed by atoms with E-state index in [-0.39, 0.29) is 17.0 Å². The van der Waals surface area contributed by atoms with Crippen molar-refractivity contribution in [2.75, 3.05) is 17.7 Å². The van der Waals surface area contributed by atoms with Crippen molar-refractivity contribution in [2.45, 2.75) is 0 Å². The number of esters is 1. The lowest BCUT2D eigenvalue weighted by atomic mass is 10.1. The summed E-state index contributed by atoms with van der Waals surface area (Å²) in [6.07, 6.45) is 1.57. The third-order valence-electron chi connectivity index (χ3n) is 3.87. The summed E-state index contributed by atoms with van der Waals surface area (Å²) in [5.74, 6) is -1.82. The Morgan fingerprint density at radius 1 is 1.00 bits per heavy atom. The molecule has 3 aromatic rings. The van der Waals surface area contributed by atoms with E-state index in [1.54, 1.807) is 11.6 Å². The number of nitrogens with one attached hydrogen (secondary N) is 2. The summed E-state index contributed by atoms with van der Waals surface area (Å²) >= 11 is 1.28. The number of thiazole rings is 1. The van der Waals surface area contributed by atoms with Crippen LogP contribution in [0.4, 0.5) is 16.5 Å². The molecule has 0 atom stereocenters. The van der Waals surface area contributed by atoms with Crippen LogP contribution in [-0.4, -0.2) is 34.8 Å². The summed E-state index contributed by atoms with van der Waals surface area (Å²) < 4.78 is 4.56. The van der Waals surface area contributed by atoms with Crippen molar-refractivity contribution in [1.29, 1.82) is 0 Å². The minimum Gasteiger partial charge on any atom is -0.465 e. The van der Waals surface area contributed by atoms with Crippen molar-refractivity contribution in [3.63, 3.8) is 0 Å². The van der Waals surface area contributed by atoms with E-state index in [2.05, 4.69) is 20.4 Å². The molecule has 0 saturated heterocycles. The van der Waals surface area contributed by atoms with Crippen molar-refractivity contribution in [1.82, 2.24) is 4.98 Å². The Hall–Kier alpha value is -4.12. The molecule has 3 rings (SSSR count). The molecule has 30 heavy (non-hydrogen) atoms. The number of nitrogens with zero attached hydrogens (tertiary/aromatic N) is 2. The normalized spacial score (nSPS) is 10.2. The average molecular weight is 426 g/mol. The van der Waals surface area contributed by atoms with Gasteiger partial charge in [0.05, 0.1) is 17.6 Å². The maximum Gasteiger partial charge on any atom is 0.338 e. The second-order valence-electron chi connectivity index (χ2n) is 5.84. The van der Waals surface area contributed by atoms with Crippen LogP contribution in [-0.2, 0) is 4.74 Å². The van der Waals surface area contributed by atoms with E-state index in [9.17, 15) is 24.5 Å². The van der Waals surface area contributed by atoms with Crippen LogP contribution in [0.1, 0.15) is 31.1 Å². The lowest BCUT2D eigenvalue weighted by molar-refractivity contribution is -0.384. The van der Waals surface area contributed by atoms with Crippen LogP contribution in [0.5, 0.6) is 0 Å². The Labute approximate surface area is 173 Å². The molecule has 0 aliphatic heterocycles. The molecule has 2 aromatic carbocycles. The summed E-state index contributed by atoms with van der Waals surface area (Å²) in [4.78, 5) is 50.7. The summed E-state index contributed by atoms with van der Waals surface area (Å²) in [6.45, 7) is 0. The Bertz CT molecular complexity index is 1110. The number of non-ortho nitro benzene ring substituents is 1. The van der Waals surface area contributed by atoms with E-state index < -0.39 is 22.5 Å². The molecule has 0 unspecified atom stereocenters. The number of carbonyl (C=O) groups is 3. The van der Waals surface area contributed by atoms with E-state index in [4.69, 9.17) is 0 Å². The first-order valence-electron chi connectivity index (χ1n) is 8.37. The van der Waals surface area contributed by atoms with Crippen molar-refractivity contribution < 1.29 is 24.0 Å². The number of nitro benzene ring substituents is 1. The average Bonchev–Trinajstić information content (AvgIpc) is 3.26. The van der Waals surface area contributed by atoms with Gasteiger partial charge in [0.1, 0.15) is 0 Å². The minimum atomic E-state index is -0.802. The van der Waals surface area contributed by atoms with Gasteiger partial charge in [-0.25, -0.2) is 9.78 Å². The van der Waals surface area contributed by atoms with Gasteiger partial charge in [-0.3, -0.25) is 25.0 Å². The van der Waals surface area contributed by atoms with Crippen LogP contribution in [0, 0.1) is 10.1 Å². The Morgan fingerprint density at radius 3 is 2.27 bits per heavy atom. The van der Waals surface area contributed by atoms with Gasteiger partial charge in [0.25, 0.3) is 17.5 Å². The van der Waals surface area contributed by atoms with Crippen molar-refractivity contribution >= 4 is 45.6 Å². The molecule has 152 valence electrons. The van der Waals surface area contributed by atoms with E-state index >= 15 is 0 Å². The zero-order chi connectivity index (χ0) is 21.7. The standard InChI is InChI=1S/C19H14N4O6S/c1-29-18(26)13-8-12(9-15(10-13)23(27)28)17(25)21-14-4-2-11(3-5-14)16(24)22-19-20-6-7-30-19/h2-10H,1H3,(H,21,25)(H,20,22,24). The van der Waals surface area contributed by atoms with Gasteiger partial charge in [-0.05, 0) is 30.3 Å². The van der Waals surface area contributed by atoms with Crippen LogP contribution in [0.15, 0.2) is 54.0 Å². The van der Waals surface area contributed by atoms with Gasteiger partial charge in [0, 0.05) is 40.5 Å². The van der Waals surface area contributed by atoms with Gasteiger partial charge >= 0.3 is 5.97 Å². The predicted molar refractivity (Wildman–Crippen MR) is 109 cm³/mol. The Morgan fingerprint density at radius 2 is 1.67 bits per heavy atom. The molecular formula is C19H14N4O6S. The molecule has 2 N–H and O–H groups in total. The van der Waals surface area contributed by atoms with E-state index in [1.807, 2.05) is 0 Å². The highest BCUT2D eigenvalue weighted by atomic mass is 32.1. The first-order chi connectivity index (χ1) is 14.4. The predicted octanol–water partition coefficient (Wildman–Crippen LogP) is 3.34. The number of aromatic nitrogens is 1. The maximum absolute atomic E-state index is 12.5. The Balaban J connectivity index is 1.75. The van der Waals surface area contributed by atoms with Gasteiger partial charge in [-0.15, -0.1) is 11.3 Å². The van der Waals surface area contributed by atoms with Crippen molar-refractivity contribution in [3.05, 3.63) is 80.8 Å². The fraction of sp³-hybridized carbons (Fsp3) is 0.0526. The van der Waals surface area contributed by atoms with Gasteiger partial charge < -0.3 is 10.1 Å². The van der Waals surface area contributed by atoms with E-state index in [1.165, 1.54) is 41.7 Å². The number of carbonyl (C=O) groups excluding carboxylic acids is 3. The molecule has 10 nitrogen and oxygen atoms in total. The van der Waals surface area contributed by atoms with Crippen LogP contribution < -0.4 is 10.6 Å². The zero-order valence-electron chi connectivity index (χ0n) is 15.4. The number of benzene rings is 2. The first kappa shape index (κ1) is 20.6. The molecule has 1 heterocycles. The number of nitro groups is 1. The van der Waals surface area contributed by atoms with E-state index in [0.717, 1.165) is 19.2 Å². The quantitative estimate of drug-likeness (QED) is 0.350. The molecule has 0 aliphatic rings. The monoisotopic (exact) mass is 426 g/mol. The van der Waals surface area contributed by atoms with Crippen molar-refractivity contribution in [3.8, 4) is 0 Å². The number of hydrogen-bond acceptors (Lipinski definition) is 8. The molecular weight excluding hydrogens is 412 g/mol. The fourth-order valence-electron chi connectivity index (χ4n) is 2.45. The van der Waals surface area contributed by atoms with E-state index in [0.29, 0.717) is 16.4 Å². The van der Waals surface area contributed by atoms with Gasteiger partial charge in [0.15, 0.2) is 5.13 Å². The third-order valence-corrected chi connectivity index (χ3v) is 4.56. The third kappa shape index (κ3) is 4.83. The minimum absolute atomic E-state index is 0.0878. The number of anilines is 2. The van der Waals surface area contributed by atoms with Gasteiger partial charge in [-0.2, -0.15) is 0 Å². The topological polar surface area (TPSA) is 141 Å².